The van der Waals surface area contributed by atoms with Crippen LogP contribution in [0.4, 0.5) is 5.69 Å². The van der Waals surface area contributed by atoms with Crippen LogP contribution in [-0.4, -0.2) is 23.5 Å². The summed E-state index contributed by atoms with van der Waals surface area (Å²) >= 11 is 0. The maximum atomic E-state index is 12.0. The standard InChI is InChI=1S/C19H24N2O4/c1-5-14-10-15(8-6-12(14)2)21-18(23)17(22)20-11-19(4,24)16-9-7-13(3)25-16/h6-10,24H,5,11H2,1-4H3,(H,20,22)(H,21,23). The third-order valence-corrected chi connectivity index (χ3v) is 4.06. The summed E-state index contributed by atoms with van der Waals surface area (Å²) in [7, 11) is 0. The lowest BCUT2D eigenvalue weighted by atomic mass is 10.0. The Labute approximate surface area is 147 Å². The van der Waals surface area contributed by atoms with Gasteiger partial charge in [0.2, 0.25) is 0 Å². The van der Waals surface area contributed by atoms with E-state index in [1.165, 1.54) is 6.92 Å². The fraction of sp³-hybridized carbons (Fsp3) is 0.368. The summed E-state index contributed by atoms with van der Waals surface area (Å²) in [6.45, 7) is 7.16. The first-order chi connectivity index (χ1) is 11.7. The van der Waals surface area contributed by atoms with Crippen LogP contribution in [0.15, 0.2) is 34.7 Å². The Morgan fingerprint density at radius 1 is 1.16 bits per heavy atom. The molecule has 0 aliphatic rings. The smallest absolute Gasteiger partial charge is 0.313 e. The molecule has 1 heterocycles. The summed E-state index contributed by atoms with van der Waals surface area (Å²) < 4.78 is 5.37. The maximum Gasteiger partial charge on any atom is 0.313 e. The number of aliphatic hydroxyl groups is 1. The molecule has 6 nitrogen and oxygen atoms in total. The van der Waals surface area contributed by atoms with Crippen LogP contribution < -0.4 is 10.6 Å². The topological polar surface area (TPSA) is 91.6 Å². The molecule has 0 bridgehead atoms. The zero-order valence-corrected chi connectivity index (χ0v) is 15.0. The molecule has 0 fully saturated rings. The molecule has 0 aliphatic heterocycles. The summed E-state index contributed by atoms with van der Waals surface area (Å²) in [6, 6.07) is 8.86. The second-order valence-corrected chi connectivity index (χ2v) is 6.32. The average molecular weight is 344 g/mol. The molecule has 0 aliphatic carbocycles. The van der Waals surface area contributed by atoms with E-state index in [-0.39, 0.29) is 6.54 Å². The minimum absolute atomic E-state index is 0.139. The van der Waals surface area contributed by atoms with E-state index in [0.717, 1.165) is 17.5 Å². The van der Waals surface area contributed by atoms with Crippen molar-refractivity contribution in [2.75, 3.05) is 11.9 Å². The van der Waals surface area contributed by atoms with E-state index in [1.54, 1.807) is 25.1 Å². The van der Waals surface area contributed by atoms with E-state index >= 15 is 0 Å². The van der Waals surface area contributed by atoms with Crippen molar-refractivity contribution in [1.82, 2.24) is 5.32 Å². The summed E-state index contributed by atoms with van der Waals surface area (Å²) in [6.07, 6.45) is 0.840. The molecule has 0 spiro atoms. The van der Waals surface area contributed by atoms with Crippen molar-refractivity contribution in [2.24, 2.45) is 0 Å². The van der Waals surface area contributed by atoms with Gasteiger partial charge in [0.15, 0.2) is 0 Å². The lowest BCUT2D eigenvalue weighted by molar-refractivity contribution is -0.136. The average Bonchev–Trinajstić information content (AvgIpc) is 3.01. The molecule has 1 unspecified atom stereocenters. The normalized spacial score (nSPS) is 13.2. The van der Waals surface area contributed by atoms with E-state index in [4.69, 9.17) is 4.42 Å². The van der Waals surface area contributed by atoms with Crippen molar-refractivity contribution in [2.45, 2.75) is 39.7 Å². The summed E-state index contributed by atoms with van der Waals surface area (Å²) in [4.78, 5) is 24.0. The number of hydrogen-bond donors (Lipinski definition) is 3. The Morgan fingerprint density at radius 2 is 1.88 bits per heavy atom. The van der Waals surface area contributed by atoms with Gasteiger partial charge in [-0.1, -0.05) is 13.0 Å². The van der Waals surface area contributed by atoms with Crippen molar-refractivity contribution in [3.63, 3.8) is 0 Å². The van der Waals surface area contributed by atoms with Gasteiger partial charge in [-0.3, -0.25) is 9.59 Å². The molecule has 1 atom stereocenters. The zero-order chi connectivity index (χ0) is 18.6. The fourth-order valence-corrected chi connectivity index (χ4v) is 2.46. The molecular formula is C19H24N2O4. The van der Waals surface area contributed by atoms with Crippen molar-refractivity contribution in [3.8, 4) is 0 Å². The van der Waals surface area contributed by atoms with Crippen LogP contribution in [0.5, 0.6) is 0 Å². The van der Waals surface area contributed by atoms with E-state index < -0.39 is 17.4 Å². The Morgan fingerprint density at radius 3 is 2.48 bits per heavy atom. The number of amides is 2. The molecule has 0 radical (unpaired) electrons. The van der Waals surface area contributed by atoms with Gasteiger partial charge in [-0.15, -0.1) is 0 Å². The van der Waals surface area contributed by atoms with Crippen LogP contribution in [0.1, 0.15) is 36.5 Å². The number of aryl methyl sites for hydroxylation is 3. The lowest BCUT2D eigenvalue weighted by Gasteiger charge is -2.21. The second-order valence-electron chi connectivity index (χ2n) is 6.32. The van der Waals surface area contributed by atoms with Crippen molar-refractivity contribution in [1.29, 1.82) is 0 Å². The van der Waals surface area contributed by atoms with Gasteiger partial charge >= 0.3 is 11.8 Å². The largest absolute Gasteiger partial charge is 0.463 e. The van der Waals surface area contributed by atoms with Gasteiger partial charge in [0.25, 0.3) is 0 Å². The lowest BCUT2D eigenvalue weighted by Crippen LogP contribution is -2.43. The first kappa shape index (κ1) is 18.7. The summed E-state index contributed by atoms with van der Waals surface area (Å²) in [5.74, 6) is -0.609. The molecule has 6 heteroatoms. The number of anilines is 1. The van der Waals surface area contributed by atoms with E-state index in [2.05, 4.69) is 10.6 Å². The van der Waals surface area contributed by atoms with Gasteiger partial charge in [-0.05, 0) is 62.6 Å². The van der Waals surface area contributed by atoms with Crippen LogP contribution in [-0.2, 0) is 21.6 Å². The van der Waals surface area contributed by atoms with Gasteiger partial charge in [0.1, 0.15) is 17.1 Å². The molecule has 134 valence electrons. The number of carbonyl (C=O) groups is 2. The number of carbonyl (C=O) groups excluding carboxylic acids is 2. The van der Waals surface area contributed by atoms with E-state index in [0.29, 0.717) is 17.2 Å². The van der Waals surface area contributed by atoms with Crippen LogP contribution in [0.2, 0.25) is 0 Å². The summed E-state index contributed by atoms with van der Waals surface area (Å²) in [5, 5.41) is 15.4. The first-order valence-electron chi connectivity index (χ1n) is 8.21. The first-order valence-corrected chi connectivity index (χ1v) is 8.21. The molecular weight excluding hydrogens is 320 g/mol. The maximum absolute atomic E-state index is 12.0. The SMILES string of the molecule is CCc1cc(NC(=O)C(=O)NCC(C)(O)c2ccc(C)o2)ccc1C. The number of benzene rings is 1. The molecule has 2 aromatic rings. The monoisotopic (exact) mass is 344 g/mol. The van der Waals surface area contributed by atoms with Crippen molar-refractivity contribution < 1.29 is 19.1 Å². The van der Waals surface area contributed by atoms with E-state index in [1.807, 2.05) is 26.0 Å². The number of rotatable bonds is 5. The Bertz CT molecular complexity index is 777. The Balaban J connectivity index is 1.95. The van der Waals surface area contributed by atoms with Gasteiger partial charge < -0.3 is 20.2 Å². The highest BCUT2D eigenvalue weighted by atomic mass is 16.4. The highest BCUT2D eigenvalue weighted by molar-refractivity contribution is 6.39. The minimum Gasteiger partial charge on any atom is -0.463 e. The zero-order valence-electron chi connectivity index (χ0n) is 15.0. The molecule has 1 aromatic heterocycles. The van der Waals surface area contributed by atoms with Crippen molar-refractivity contribution in [3.05, 3.63) is 53.0 Å². The number of furan rings is 1. The Kier molecular flexibility index (Phi) is 5.64. The summed E-state index contributed by atoms with van der Waals surface area (Å²) in [5.41, 5.74) is 1.41. The van der Waals surface area contributed by atoms with Crippen LogP contribution in [0, 0.1) is 13.8 Å². The predicted molar refractivity (Wildman–Crippen MR) is 95.2 cm³/mol. The molecule has 0 saturated heterocycles. The van der Waals surface area contributed by atoms with Gasteiger partial charge in [0.05, 0.1) is 6.54 Å². The molecule has 3 N–H and O–H groups in total. The van der Waals surface area contributed by atoms with Crippen LogP contribution >= 0.6 is 0 Å². The van der Waals surface area contributed by atoms with Crippen LogP contribution in [0.25, 0.3) is 0 Å². The second kappa shape index (κ2) is 7.53. The fourth-order valence-electron chi connectivity index (χ4n) is 2.46. The molecule has 1 aromatic carbocycles. The molecule has 0 saturated carbocycles. The minimum atomic E-state index is -1.40. The van der Waals surface area contributed by atoms with E-state index in [9.17, 15) is 14.7 Å². The predicted octanol–water partition coefficient (Wildman–Crippen LogP) is 2.42. The number of hydrogen-bond acceptors (Lipinski definition) is 4. The van der Waals surface area contributed by atoms with Gasteiger partial charge in [-0.25, -0.2) is 0 Å². The third kappa shape index (κ3) is 4.70. The van der Waals surface area contributed by atoms with Gasteiger partial charge in [0, 0.05) is 5.69 Å². The quantitative estimate of drug-likeness (QED) is 0.727. The molecule has 2 amide bonds. The van der Waals surface area contributed by atoms with Crippen LogP contribution in [0.3, 0.4) is 0 Å². The molecule has 2 rings (SSSR count). The Hall–Kier alpha value is -2.60. The molecule has 25 heavy (non-hydrogen) atoms. The third-order valence-electron chi connectivity index (χ3n) is 4.06. The van der Waals surface area contributed by atoms with Crippen molar-refractivity contribution >= 4 is 17.5 Å². The highest BCUT2D eigenvalue weighted by Gasteiger charge is 2.28. The number of nitrogens with one attached hydrogen (secondary N) is 2. The van der Waals surface area contributed by atoms with Gasteiger partial charge in [-0.2, -0.15) is 0 Å². The highest BCUT2D eigenvalue weighted by Crippen LogP contribution is 2.22.